The summed E-state index contributed by atoms with van der Waals surface area (Å²) in [4.78, 5) is 20.8. The second-order valence-electron chi connectivity index (χ2n) is 6.10. The second kappa shape index (κ2) is 8.10. The second-order valence-corrected chi connectivity index (χ2v) is 7.99. The molecule has 0 radical (unpaired) electrons. The van der Waals surface area contributed by atoms with E-state index in [-0.39, 0.29) is 17.3 Å². The maximum absolute atomic E-state index is 13.7. The molecule has 3 aromatic rings. The molecule has 1 aromatic carbocycles. The van der Waals surface area contributed by atoms with Crippen LogP contribution in [0, 0.1) is 12.9 Å². The van der Waals surface area contributed by atoms with Crippen molar-refractivity contribution >= 4 is 9.84 Å². The summed E-state index contributed by atoms with van der Waals surface area (Å²) in [5.41, 5.74) is 0.463. The number of aromatic nitrogens is 3. The van der Waals surface area contributed by atoms with Gasteiger partial charge in [-0.3, -0.25) is 4.79 Å². The van der Waals surface area contributed by atoms with Gasteiger partial charge in [0.1, 0.15) is 12.4 Å². The van der Waals surface area contributed by atoms with Crippen molar-refractivity contribution in [1.82, 2.24) is 15.0 Å². The van der Waals surface area contributed by atoms with Gasteiger partial charge in [-0.15, -0.1) is 0 Å². The molecule has 152 valence electrons. The molecule has 0 aliphatic heterocycles. The molecule has 0 saturated heterocycles. The van der Waals surface area contributed by atoms with Crippen LogP contribution in [0.4, 0.5) is 4.39 Å². The minimum Gasteiger partial charge on any atom is -0.492 e. The van der Waals surface area contributed by atoms with Crippen molar-refractivity contribution in [2.45, 2.75) is 30.2 Å². The Morgan fingerprint density at radius 3 is 2.52 bits per heavy atom. The summed E-state index contributed by atoms with van der Waals surface area (Å²) in [7, 11) is -4.34. The van der Waals surface area contributed by atoms with Gasteiger partial charge in [0.25, 0.3) is 5.56 Å². The summed E-state index contributed by atoms with van der Waals surface area (Å²) in [6, 6.07) is 7.12. The summed E-state index contributed by atoms with van der Waals surface area (Å²) in [5.74, 6) is -1.51. The van der Waals surface area contributed by atoms with Crippen LogP contribution in [0.15, 0.2) is 51.1 Å². The van der Waals surface area contributed by atoms with E-state index in [4.69, 9.17) is 4.74 Å². The Labute approximate surface area is 166 Å². The van der Waals surface area contributed by atoms with Crippen LogP contribution in [0.5, 0.6) is 5.88 Å². The normalized spacial score (nSPS) is 11.6. The number of nitrogens with one attached hydrogen (secondary N) is 1. The van der Waals surface area contributed by atoms with Crippen LogP contribution >= 0.6 is 0 Å². The van der Waals surface area contributed by atoms with E-state index < -0.39 is 32.1 Å². The van der Waals surface area contributed by atoms with Crippen LogP contribution in [0.2, 0.25) is 0 Å². The lowest BCUT2D eigenvalue weighted by atomic mass is 10.0. The molecule has 0 aliphatic rings. The van der Waals surface area contributed by atoms with Gasteiger partial charge in [-0.05, 0) is 43.2 Å². The molecular weight excluding hydrogens is 401 g/mol. The highest BCUT2D eigenvalue weighted by Gasteiger charge is 2.27. The molecular formula is C19H18FN3O5S. The molecule has 2 N–H and O–H groups in total. The van der Waals surface area contributed by atoms with E-state index >= 15 is 0 Å². The van der Waals surface area contributed by atoms with Crippen LogP contribution in [0.1, 0.15) is 18.3 Å². The first kappa shape index (κ1) is 20.6. The average Bonchev–Trinajstić information content (AvgIpc) is 2.68. The van der Waals surface area contributed by atoms with Gasteiger partial charge in [0, 0.05) is 18.4 Å². The molecule has 0 amide bonds. The molecule has 10 heteroatoms. The molecule has 2 aromatic heterocycles. The molecule has 3 rings (SSSR count). The Hall–Kier alpha value is -3.11. The van der Waals surface area contributed by atoms with Gasteiger partial charge in [-0.2, -0.15) is 9.37 Å². The third-order valence-electron chi connectivity index (χ3n) is 4.24. The molecule has 0 bridgehead atoms. The van der Waals surface area contributed by atoms with Gasteiger partial charge in [-0.1, -0.05) is 12.1 Å². The van der Waals surface area contributed by atoms with Gasteiger partial charge in [0.05, 0.1) is 4.90 Å². The summed E-state index contributed by atoms with van der Waals surface area (Å²) in [6.07, 6.45) is 1.31. The molecule has 8 nitrogen and oxygen atoms in total. The Balaban J connectivity index is 2.00. The first-order chi connectivity index (χ1) is 13.8. The number of pyridine rings is 1. The van der Waals surface area contributed by atoms with Crippen molar-refractivity contribution in [2.75, 3.05) is 6.61 Å². The van der Waals surface area contributed by atoms with Crippen LogP contribution in [0.25, 0.3) is 11.1 Å². The average molecular weight is 419 g/mol. The molecule has 2 heterocycles. The van der Waals surface area contributed by atoms with E-state index in [1.807, 2.05) is 0 Å². The number of halogens is 1. The minimum atomic E-state index is -4.34. The van der Waals surface area contributed by atoms with E-state index in [9.17, 15) is 22.7 Å². The third-order valence-corrected chi connectivity index (χ3v) is 6.04. The van der Waals surface area contributed by atoms with Crippen molar-refractivity contribution in [3.63, 3.8) is 0 Å². The van der Waals surface area contributed by atoms with E-state index in [0.717, 1.165) is 0 Å². The van der Waals surface area contributed by atoms with E-state index in [0.29, 0.717) is 23.3 Å². The predicted molar refractivity (Wildman–Crippen MR) is 102 cm³/mol. The van der Waals surface area contributed by atoms with Gasteiger partial charge in [0.2, 0.25) is 21.7 Å². The lowest BCUT2D eigenvalue weighted by Gasteiger charge is -2.09. The highest BCUT2D eigenvalue weighted by atomic mass is 32.2. The Morgan fingerprint density at radius 1 is 1.21 bits per heavy atom. The zero-order valence-corrected chi connectivity index (χ0v) is 16.5. The first-order valence-corrected chi connectivity index (χ1v) is 10.1. The number of aromatic amines is 1. The Morgan fingerprint density at radius 2 is 1.90 bits per heavy atom. The lowest BCUT2D eigenvalue weighted by molar-refractivity contribution is 0.127. The largest absolute Gasteiger partial charge is 0.492 e. The summed E-state index contributed by atoms with van der Waals surface area (Å²) in [5, 5.41) is 10.1. The van der Waals surface area contributed by atoms with Gasteiger partial charge >= 0.3 is 0 Å². The number of nitrogens with zero attached hydrogens (tertiary/aromatic N) is 2. The van der Waals surface area contributed by atoms with Crippen molar-refractivity contribution in [3.05, 3.63) is 64.2 Å². The third kappa shape index (κ3) is 4.03. The fourth-order valence-corrected chi connectivity index (χ4v) is 4.07. The smallest absolute Gasteiger partial charge is 0.274 e. The molecule has 0 spiro atoms. The number of hydrogen-bond acceptors (Lipinski definition) is 7. The number of sulfone groups is 1. The SMILES string of the molecule is CCOCc1nc(O)c(S(=O)(=O)c2ccc(-c3ccnc(F)c3C)cc2)c(=O)[nH]1. The van der Waals surface area contributed by atoms with Crippen molar-refractivity contribution in [3.8, 4) is 17.0 Å². The lowest BCUT2D eigenvalue weighted by Crippen LogP contribution is -2.21. The Bertz CT molecular complexity index is 1210. The van der Waals surface area contributed by atoms with E-state index in [1.165, 1.54) is 30.5 Å². The standard InChI is InChI=1S/C19H18FN3O5S/c1-3-28-10-15-22-18(24)16(19(25)23-15)29(26,27)13-6-4-12(5-7-13)14-8-9-21-17(20)11(14)2/h4-9H,3,10H2,1-2H3,(H2,22,23,24,25). The molecule has 0 atom stereocenters. The zero-order chi connectivity index (χ0) is 21.2. The van der Waals surface area contributed by atoms with E-state index in [2.05, 4.69) is 15.0 Å². The summed E-state index contributed by atoms with van der Waals surface area (Å²) >= 11 is 0. The summed E-state index contributed by atoms with van der Waals surface area (Å²) in [6.45, 7) is 3.59. The predicted octanol–water partition coefficient (Wildman–Crippen LogP) is 2.35. The summed E-state index contributed by atoms with van der Waals surface area (Å²) < 4.78 is 44.5. The van der Waals surface area contributed by atoms with Crippen LogP contribution in [-0.2, 0) is 21.2 Å². The number of aromatic hydroxyl groups is 1. The highest BCUT2D eigenvalue weighted by molar-refractivity contribution is 7.91. The number of hydrogen-bond donors (Lipinski definition) is 2. The van der Waals surface area contributed by atoms with Crippen molar-refractivity contribution in [1.29, 1.82) is 0 Å². The monoisotopic (exact) mass is 419 g/mol. The molecule has 29 heavy (non-hydrogen) atoms. The number of rotatable bonds is 6. The number of ether oxygens (including phenoxy) is 1. The van der Waals surface area contributed by atoms with Gasteiger partial charge in [-0.25, -0.2) is 13.4 Å². The van der Waals surface area contributed by atoms with E-state index in [1.54, 1.807) is 19.9 Å². The van der Waals surface area contributed by atoms with Crippen LogP contribution in [0.3, 0.4) is 0 Å². The fraction of sp³-hybridized carbons (Fsp3) is 0.211. The topological polar surface area (TPSA) is 122 Å². The maximum Gasteiger partial charge on any atom is 0.274 e. The maximum atomic E-state index is 13.7. The van der Waals surface area contributed by atoms with Gasteiger partial charge in [0.15, 0.2) is 4.90 Å². The zero-order valence-electron chi connectivity index (χ0n) is 15.6. The molecule has 0 fully saturated rings. The number of benzene rings is 1. The highest BCUT2D eigenvalue weighted by Crippen LogP contribution is 2.28. The molecule has 0 saturated carbocycles. The Kier molecular flexibility index (Phi) is 5.76. The first-order valence-electron chi connectivity index (χ1n) is 8.62. The fourth-order valence-electron chi connectivity index (χ4n) is 2.76. The van der Waals surface area contributed by atoms with Crippen molar-refractivity contribution < 1.29 is 22.7 Å². The minimum absolute atomic E-state index is 0.0128. The molecule has 0 unspecified atom stereocenters. The molecule has 0 aliphatic carbocycles. The van der Waals surface area contributed by atoms with Crippen LogP contribution in [-0.4, -0.2) is 35.1 Å². The van der Waals surface area contributed by atoms with Crippen molar-refractivity contribution in [2.24, 2.45) is 0 Å². The quantitative estimate of drug-likeness (QED) is 0.588. The number of H-pyrrole nitrogens is 1. The van der Waals surface area contributed by atoms with Gasteiger partial charge < -0.3 is 14.8 Å². The van der Waals surface area contributed by atoms with Crippen LogP contribution < -0.4 is 5.56 Å².